The van der Waals surface area contributed by atoms with Crippen molar-refractivity contribution in [3.05, 3.63) is 47.5 Å². The van der Waals surface area contributed by atoms with Crippen LogP contribution in [0.15, 0.2) is 36.4 Å². The maximum Gasteiger partial charge on any atom is 0.263 e. The molecule has 0 radical (unpaired) electrons. The van der Waals surface area contributed by atoms with Crippen LogP contribution in [-0.4, -0.2) is 54.0 Å². The molecule has 1 N–H and O–H groups in total. The minimum absolute atomic E-state index is 0.0719. The smallest absolute Gasteiger partial charge is 0.263 e. The number of nitrogens with one attached hydrogen (secondary N) is 1. The van der Waals surface area contributed by atoms with Gasteiger partial charge in [-0.05, 0) is 48.7 Å². The van der Waals surface area contributed by atoms with Crippen LogP contribution >= 0.6 is 0 Å². The van der Waals surface area contributed by atoms with Crippen molar-refractivity contribution in [2.24, 2.45) is 0 Å². The first kappa shape index (κ1) is 21.8. The third-order valence-corrected chi connectivity index (χ3v) is 5.98. The molecule has 1 heterocycles. The van der Waals surface area contributed by atoms with Crippen molar-refractivity contribution in [2.75, 3.05) is 37.9 Å². The van der Waals surface area contributed by atoms with Crippen LogP contribution < -0.4 is 23.8 Å². The van der Waals surface area contributed by atoms with Crippen LogP contribution in [-0.2, 0) is 21.2 Å². The Balaban J connectivity index is 1.67. The van der Waals surface area contributed by atoms with Crippen molar-refractivity contribution < 1.29 is 27.4 Å². The molecule has 0 aliphatic carbocycles. The summed E-state index contributed by atoms with van der Waals surface area (Å²) in [6, 6.07) is 10.8. The molecule has 0 spiro atoms. The summed E-state index contributed by atoms with van der Waals surface area (Å²) in [5, 5.41) is 2.82. The Kier molecular flexibility index (Phi) is 6.40. The Hall–Kier alpha value is -2.94. The summed E-state index contributed by atoms with van der Waals surface area (Å²) in [6.07, 6.45) is 0.765. The fourth-order valence-corrected chi connectivity index (χ4v) is 4.20. The number of hydrogen-bond acceptors (Lipinski definition) is 6. The molecule has 3 rings (SSSR count). The lowest BCUT2D eigenvalue weighted by Gasteiger charge is -2.34. The van der Waals surface area contributed by atoms with Gasteiger partial charge in [0.1, 0.15) is 5.75 Å². The number of nitrogens with zero attached hydrogens (tertiary/aromatic N) is 1. The van der Waals surface area contributed by atoms with E-state index in [1.807, 2.05) is 31.2 Å². The average Bonchev–Trinajstić information content (AvgIpc) is 2.71. The largest absolute Gasteiger partial charge is 0.493 e. The monoisotopic (exact) mass is 434 g/mol. The molecule has 1 atom stereocenters. The molecule has 0 saturated heterocycles. The summed E-state index contributed by atoms with van der Waals surface area (Å²) in [5.41, 5.74) is 2.33. The zero-order chi connectivity index (χ0) is 21.9. The van der Waals surface area contributed by atoms with Gasteiger partial charge < -0.3 is 19.5 Å². The van der Waals surface area contributed by atoms with Crippen LogP contribution in [0.5, 0.6) is 17.2 Å². The molecule has 162 valence electrons. The van der Waals surface area contributed by atoms with Crippen molar-refractivity contribution in [2.45, 2.75) is 19.4 Å². The first-order valence-electron chi connectivity index (χ1n) is 9.46. The zero-order valence-corrected chi connectivity index (χ0v) is 18.3. The van der Waals surface area contributed by atoms with Gasteiger partial charge in [0, 0.05) is 6.54 Å². The predicted molar refractivity (Wildman–Crippen MR) is 114 cm³/mol. The van der Waals surface area contributed by atoms with Crippen molar-refractivity contribution >= 4 is 21.6 Å². The number of sulfonamides is 1. The maximum absolute atomic E-state index is 12.7. The number of ether oxygens (including phenoxy) is 3. The average molecular weight is 435 g/mol. The van der Waals surface area contributed by atoms with E-state index in [0.717, 1.165) is 17.4 Å². The number of aryl methyl sites for hydroxylation is 1. The van der Waals surface area contributed by atoms with E-state index in [1.54, 1.807) is 26.4 Å². The highest BCUT2D eigenvalue weighted by molar-refractivity contribution is 7.92. The Morgan fingerprint density at radius 3 is 2.57 bits per heavy atom. The van der Waals surface area contributed by atoms with E-state index in [4.69, 9.17) is 14.2 Å². The second kappa shape index (κ2) is 8.83. The molecule has 9 heteroatoms. The van der Waals surface area contributed by atoms with E-state index >= 15 is 0 Å². The van der Waals surface area contributed by atoms with Crippen LogP contribution in [0.4, 0.5) is 5.69 Å². The zero-order valence-electron chi connectivity index (χ0n) is 17.5. The van der Waals surface area contributed by atoms with Gasteiger partial charge >= 0.3 is 0 Å². The summed E-state index contributed by atoms with van der Waals surface area (Å²) < 4.78 is 42.0. The van der Waals surface area contributed by atoms with Gasteiger partial charge in [-0.25, -0.2) is 8.42 Å². The van der Waals surface area contributed by atoms with Gasteiger partial charge in [0.25, 0.3) is 5.91 Å². The number of carbonyl (C=O) groups excluding carboxylic acids is 1. The van der Waals surface area contributed by atoms with E-state index in [-0.39, 0.29) is 12.5 Å². The van der Waals surface area contributed by atoms with Gasteiger partial charge in [-0.15, -0.1) is 0 Å². The van der Waals surface area contributed by atoms with Gasteiger partial charge in [-0.1, -0.05) is 12.1 Å². The van der Waals surface area contributed by atoms with Gasteiger partial charge in [-0.2, -0.15) is 0 Å². The van der Waals surface area contributed by atoms with E-state index in [0.29, 0.717) is 35.9 Å². The van der Waals surface area contributed by atoms with E-state index in [2.05, 4.69) is 5.32 Å². The second-order valence-corrected chi connectivity index (χ2v) is 9.01. The minimum atomic E-state index is -3.55. The molecule has 0 saturated carbocycles. The van der Waals surface area contributed by atoms with E-state index in [1.165, 1.54) is 4.31 Å². The van der Waals surface area contributed by atoms with Gasteiger partial charge in [0.2, 0.25) is 10.0 Å². The van der Waals surface area contributed by atoms with E-state index < -0.39 is 16.1 Å². The lowest BCUT2D eigenvalue weighted by atomic mass is 10.1. The number of methoxy groups -OCH3 is 2. The molecule has 8 nitrogen and oxygen atoms in total. The molecule has 1 amide bonds. The predicted octanol–water partition coefficient (Wildman–Crippen LogP) is 1.90. The topological polar surface area (TPSA) is 94.2 Å². The van der Waals surface area contributed by atoms with Crippen molar-refractivity contribution in [1.29, 1.82) is 0 Å². The quantitative estimate of drug-likeness (QED) is 0.715. The molecule has 0 fully saturated rings. The normalized spacial score (nSPS) is 15.7. The third kappa shape index (κ3) is 4.79. The molecule has 0 aromatic heterocycles. The molecular formula is C21H26N2O6S. The highest BCUT2D eigenvalue weighted by atomic mass is 32.2. The van der Waals surface area contributed by atoms with Crippen molar-refractivity contribution in [3.8, 4) is 17.2 Å². The van der Waals surface area contributed by atoms with Crippen LogP contribution in [0.2, 0.25) is 0 Å². The highest BCUT2D eigenvalue weighted by Crippen LogP contribution is 2.35. The van der Waals surface area contributed by atoms with Gasteiger partial charge in [-0.3, -0.25) is 9.10 Å². The summed E-state index contributed by atoms with van der Waals surface area (Å²) in [7, 11) is -0.416. The lowest BCUT2D eigenvalue weighted by molar-refractivity contribution is -0.127. The summed E-state index contributed by atoms with van der Waals surface area (Å²) in [4.78, 5) is 12.7. The van der Waals surface area contributed by atoms with Crippen LogP contribution in [0.1, 0.15) is 11.1 Å². The standard InChI is InChI=1S/C21H26N2O6S/c1-14-5-7-17-16(11-14)23(30(4,25)26)13-20(29-17)21(24)22-10-9-15-6-8-18(27-2)19(12-15)28-3/h5-8,11-12,20H,9-10,13H2,1-4H3,(H,22,24). The molecule has 2 aromatic rings. The number of benzene rings is 2. The number of fused-ring (bicyclic) bond motifs is 1. The van der Waals surface area contributed by atoms with Gasteiger partial charge in [0.05, 0.1) is 32.7 Å². The Morgan fingerprint density at radius 1 is 1.17 bits per heavy atom. The molecule has 1 unspecified atom stereocenters. The Labute approximate surface area is 176 Å². The first-order valence-corrected chi connectivity index (χ1v) is 11.3. The molecule has 2 aromatic carbocycles. The molecular weight excluding hydrogens is 408 g/mol. The van der Waals surface area contributed by atoms with Crippen LogP contribution in [0.3, 0.4) is 0 Å². The SMILES string of the molecule is COc1ccc(CCNC(=O)C2CN(S(C)(=O)=O)c3cc(C)ccc3O2)cc1OC. The second-order valence-electron chi connectivity index (χ2n) is 7.10. The minimum Gasteiger partial charge on any atom is -0.493 e. The fourth-order valence-electron chi connectivity index (χ4n) is 3.29. The van der Waals surface area contributed by atoms with Gasteiger partial charge in [0.15, 0.2) is 17.6 Å². The lowest BCUT2D eigenvalue weighted by Crippen LogP contribution is -2.50. The van der Waals surface area contributed by atoms with Crippen molar-refractivity contribution in [1.82, 2.24) is 5.32 Å². The van der Waals surface area contributed by atoms with Crippen molar-refractivity contribution in [3.63, 3.8) is 0 Å². The summed E-state index contributed by atoms with van der Waals surface area (Å²) in [5.74, 6) is 1.26. The molecule has 30 heavy (non-hydrogen) atoms. The summed E-state index contributed by atoms with van der Waals surface area (Å²) >= 11 is 0. The number of amides is 1. The first-order chi connectivity index (χ1) is 14.2. The fraction of sp³-hybridized carbons (Fsp3) is 0.381. The highest BCUT2D eigenvalue weighted by Gasteiger charge is 2.34. The summed E-state index contributed by atoms with van der Waals surface area (Å²) in [6.45, 7) is 2.17. The number of anilines is 1. The Morgan fingerprint density at radius 2 is 1.90 bits per heavy atom. The van der Waals surface area contributed by atoms with E-state index in [9.17, 15) is 13.2 Å². The number of rotatable bonds is 7. The van der Waals surface area contributed by atoms with Crippen LogP contribution in [0, 0.1) is 6.92 Å². The van der Waals surface area contributed by atoms with Crippen LogP contribution in [0.25, 0.3) is 0 Å². The number of hydrogen-bond donors (Lipinski definition) is 1. The molecule has 0 bridgehead atoms. The molecule has 1 aliphatic heterocycles. The Bertz CT molecular complexity index is 1040. The number of carbonyl (C=O) groups is 1. The third-order valence-electron chi connectivity index (χ3n) is 4.84. The maximum atomic E-state index is 12.7. The molecule has 1 aliphatic rings.